The first-order valence-corrected chi connectivity index (χ1v) is 17.2. The van der Waals surface area contributed by atoms with Crippen molar-refractivity contribution in [3.8, 4) is 44.8 Å². The summed E-state index contributed by atoms with van der Waals surface area (Å²) in [4.78, 5) is 0. The van der Waals surface area contributed by atoms with Crippen LogP contribution < -0.4 is 0 Å². The molecule has 0 aliphatic rings. The van der Waals surface area contributed by atoms with Crippen LogP contribution in [0.4, 0.5) is 0 Å². The Morgan fingerprint density at radius 1 is 0.220 bits per heavy atom. The maximum absolute atomic E-state index is 2.41. The van der Waals surface area contributed by atoms with Gasteiger partial charge in [0.25, 0.3) is 0 Å². The Morgan fingerprint density at radius 2 is 0.600 bits per heavy atom. The van der Waals surface area contributed by atoms with Gasteiger partial charge in [-0.15, -0.1) is 0 Å². The number of hydrogen-bond donors (Lipinski definition) is 0. The summed E-state index contributed by atoms with van der Waals surface area (Å²) in [6, 6.07) is 70.4. The fourth-order valence-corrected chi connectivity index (χ4v) is 7.73. The van der Waals surface area contributed by atoms with Crippen LogP contribution in [-0.2, 0) is 0 Å². The van der Waals surface area contributed by atoms with E-state index in [1.807, 2.05) is 0 Å². The minimum Gasteiger partial charge on any atom is -0.309 e. The van der Waals surface area contributed by atoms with E-state index < -0.39 is 0 Å². The van der Waals surface area contributed by atoms with E-state index >= 15 is 0 Å². The van der Waals surface area contributed by atoms with E-state index in [0.29, 0.717) is 0 Å². The first kappa shape index (κ1) is 28.4. The molecule has 0 bridgehead atoms. The Balaban J connectivity index is 1.10. The maximum Gasteiger partial charge on any atom is 0.0547 e. The highest BCUT2D eigenvalue weighted by molar-refractivity contribution is 6.12. The number of benzene rings is 8. The molecule has 10 rings (SSSR count). The van der Waals surface area contributed by atoms with Crippen LogP contribution in [0.15, 0.2) is 194 Å². The average molecular weight is 637 g/mol. The van der Waals surface area contributed by atoms with E-state index in [-0.39, 0.29) is 0 Å². The van der Waals surface area contributed by atoms with Gasteiger partial charge in [0, 0.05) is 32.9 Å². The number of para-hydroxylation sites is 2. The Hall–Kier alpha value is -6.64. The molecule has 0 unspecified atom stereocenters. The van der Waals surface area contributed by atoms with Gasteiger partial charge in [0.1, 0.15) is 0 Å². The van der Waals surface area contributed by atoms with E-state index in [4.69, 9.17) is 0 Å². The largest absolute Gasteiger partial charge is 0.309 e. The highest BCUT2D eigenvalue weighted by Crippen LogP contribution is 2.38. The lowest BCUT2D eigenvalue weighted by molar-refractivity contribution is 1.18. The van der Waals surface area contributed by atoms with Crippen molar-refractivity contribution in [1.29, 1.82) is 0 Å². The molecule has 0 aliphatic carbocycles. The number of fused-ring (bicyclic) bond motifs is 6. The van der Waals surface area contributed by atoms with Gasteiger partial charge in [-0.25, -0.2) is 0 Å². The average Bonchev–Trinajstić information content (AvgIpc) is 3.71. The summed E-state index contributed by atoms with van der Waals surface area (Å²) in [5.41, 5.74) is 14.5. The monoisotopic (exact) mass is 636 g/mol. The van der Waals surface area contributed by atoms with E-state index in [1.165, 1.54) is 77.0 Å². The molecule has 10 aromatic rings. The molecule has 0 atom stereocenters. The van der Waals surface area contributed by atoms with Gasteiger partial charge in [0.05, 0.1) is 22.1 Å². The second-order valence-electron chi connectivity index (χ2n) is 13.0. The molecular weight excluding hydrogens is 605 g/mol. The quantitative estimate of drug-likeness (QED) is 0.178. The molecule has 2 aromatic heterocycles. The molecule has 0 radical (unpaired) electrons. The third-order valence-corrected chi connectivity index (χ3v) is 10.1. The van der Waals surface area contributed by atoms with Crippen LogP contribution in [0.1, 0.15) is 0 Å². The van der Waals surface area contributed by atoms with Crippen molar-refractivity contribution < 1.29 is 0 Å². The van der Waals surface area contributed by atoms with Gasteiger partial charge in [0.15, 0.2) is 0 Å². The van der Waals surface area contributed by atoms with Gasteiger partial charge in [-0.05, 0) is 88.0 Å². The van der Waals surface area contributed by atoms with Crippen LogP contribution in [0.5, 0.6) is 0 Å². The molecule has 2 heteroatoms. The zero-order chi connectivity index (χ0) is 33.0. The molecule has 0 aliphatic heterocycles. The minimum atomic E-state index is 1.16. The van der Waals surface area contributed by atoms with Crippen molar-refractivity contribution in [2.45, 2.75) is 0 Å². The van der Waals surface area contributed by atoms with Gasteiger partial charge < -0.3 is 9.13 Å². The highest BCUT2D eigenvalue weighted by Gasteiger charge is 2.16. The summed E-state index contributed by atoms with van der Waals surface area (Å²) in [5.74, 6) is 0. The zero-order valence-corrected chi connectivity index (χ0v) is 27.4. The molecule has 0 amide bonds. The van der Waals surface area contributed by atoms with Crippen molar-refractivity contribution in [3.05, 3.63) is 194 Å². The van der Waals surface area contributed by atoms with E-state index in [9.17, 15) is 0 Å². The van der Waals surface area contributed by atoms with Crippen molar-refractivity contribution in [3.63, 3.8) is 0 Å². The summed E-state index contributed by atoms with van der Waals surface area (Å²) < 4.78 is 4.80. The predicted octanol–water partition coefficient (Wildman–Crippen LogP) is 12.9. The third-order valence-electron chi connectivity index (χ3n) is 10.1. The van der Waals surface area contributed by atoms with Crippen LogP contribution in [0.25, 0.3) is 88.4 Å². The van der Waals surface area contributed by atoms with Crippen LogP contribution in [0.3, 0.4) is 0 Å². The van der Waals surface area contributed by atoms with Crippen molar-refractivity contribution in [2.75, 3.05) is 0 Å². The first-order valence-electron chi connectivity index (χ1n) is 17.2. The Morgan fingerprint density at radius 3 is 1.18 bits per heavy atom. The first-order chi connectivity index (χ1) is 24.8. The van der Waals surface area contributed by atoms with E-state index in [2.05, 4.69) is 203 Å². The lowest BCUT2D eigenvalue weighted by Crippen LogP contribution is -1.94. The number of rotatable bonds is 5. The predicted molar refractivity (Wildman–Crippen MR) is 211 cm³/mol. The number of aromatic nitrogens is 2. The summed E-state index contributed by atoms with van der Waals surface area (Å²) >= 11 is 0. The van der Waals surface area contributed by atoms with E-state index in [1.54, 1.807) is 0 Å². The number of hydrogen-bond acceptors (Lipinski definition) is 0. The number of nitrogens with zero attached hydrogens (tertiary/aromatic N) is 2. The smallest absolute Gasteiger partial charge is 0.0547 e. The van der Waals surface area contributed by atoms with Gasteiger partial charge in [-0.1, -0.05) is 140 Å². The Labute approximate surface area is 290 Å². The maximum atomic E-state index is 2.41. The van der Waals surface area contributed by atoms with E-state index in [0.717, 1.165) is 11.4 Å². The molecule has 0 spiro atoms. The van der Waals surface area contributed by atoms with Crippen molar-refractivity contribution >= 4 is 43.6 Å². The van der Waals surface area contributed by atoms with Crippen LogP contribution in [-0.4, -0.2) is 9.13 Å². The summed E-state index contributed by atoms with van der Waals surface area (Å²) in [6.07, 6.45) is 0. The molecule has 0 N–H and O–H groups in total. The lowest BCUT2D eigenvalue weighted by Gasteiger charge is -2.11. The molecule has 8 aromatic carbocycles. The fourth-order valence-electron chi connectivity index (χ4n) is 7.73. The molecular formula is C48H32N2. The summed E-state index contributed by atoms with van der Waals surface area (Å²) in [5, 5.41) is 5.03. The van der Waals surface area contributed by atoms with Gasteiger partial charge in [0.2, 0.25) is 0 Å². The summed E-state index contributed by atoms with van der Waals surface area (Å²) in [6.45, 7) is 0. The second kappa shape index (κ2) is 11.5. The van der Waals surface area contributed by atoms with Crippen LogP contribution in [0.2, 0.25) is 0 Å². The molecule has 2 nitrogen and oxygen atoms in total. The van der Waals surface area contributed by atoms with Gasteiger partial charge in [-0.2, -0.15) is 0 Å². The summed E-state index contributed by atoms with van der Waals surface area (Å²) in [7, 11) is 0. The van der Waals surface area contributed by atoms with Crippen LogP contribution >= 0.6 is 0 Å². The second-order valence-corrected chi connectivity index (χ2v) is 13.0. The normalized spacial score (nSPS) is 11.6. The standard InChI is InChI=1S/C48H32N2/c1-3-11-33(12-4-1)35-19-25-39(26-20-35)49-46-18-10-8-16-42(46)44-31-37(24-30-47(44)49)38-23-29-43-41-15-7-9-17-45(41)50(48(43)32-38)40-27-21-36(22-28-40)34-13-5-2-6-14-34/h1-32H. The van der Waals surface area contributed by atoms with Gasteiger partial charge >= 0.3 is 0 Å². The Bertz CT molecular complexity index is 2820. The zero-order valence-electron chi connectivity index (χ0n) is 27.4. The molecule has 0 saturated heterocycles. The van der Waals surface area contributed by atoms with Gasteiger partial charge in [-0.3, -0.25) is 0 Å². The Kier molecular flexibility index (Phi) is 6.53. The molecule has 50 heavy (non-hydrogen) atoms. The fraction of sp³-hybridized carbons (Fsp3) is 0. The molecule has 0 fully saturated rings. The molecule has 234 valence electrons. The third kappa shape index (κ3) is 4.57. The van der Waals surface area contributed by atoms with Crippen molar-refractivity contribution in [2.24, 2.45) is 0 Å². The molecule has 0 saturated carbocycles. The highest BCUT2D eigenvalue weighted by atomic mass is 15.0. The topological polar surface area (TPSA) is 9.86 Å². The van der Waals surface area contributed by atoms with Crippen molar-refractivity contribution in [1.82, 2.24) is 9.13 Å². The molecule has 2 heterocycles. The SMILES string of the molecule is c1ccc(-c2ccc(-n3c4ccccc4c4cc(-c5ccc6c7ccccc7n(-c7ccc(-c8ccccc8)cc7)c6c5)ccc43)cc2)cc1. The lowest BCUT2D eigenvalue weighted by atomic mass is 10.0. The van der Waals surface area contributed by atoms with Crippen LogP contribution in [0, 0.1) is 0 Å². The minimum absolute atomic E-state index is 1.16.